The molecule has 5 fully saturated rings. The normalized spacial score (nSPS) is 26.9. The van der Waals surface area contributed by atoms with E-state index in [2.05, 4.69) is 20.8 Å². The number of esters is 3. The number of hydrogen-bond acceptors (Lipinski definition) is 11. The standard InChI is InChI=1S/C57H100O11/c1-4-7-10-11-15-24-33-45-46(64-45)34-25-16-12-19-28-37-55(58)61-42-44(63-57(60)39-30-21-14-18-27-36-50-54(68-50)41-52-48(66-52)32-23-9-6-3)43-62-56(59)38-29-20-13-17-26-35-49-53(67-49)40-51-47(65-51)31-22-8-5-2/h44-54H,4-43H2,1-3H3. The van der Waals surface area contributed by atoms with Gasteiger partial charge in [-0.3, -0.25) is 14.4 Å². The lowest BCUT2D eigenvalue weighted by molar-refractivity contribution is -0.167. The lowest BCUT2D eigenvalue weighted by atomic mass is 10.0. The minimum atomic E-state index is -0.809. The molecule has 5 saturated heterocycles. The monoisotopic (exact) mass is 961 g/mol. The number of rotatable bonds is 48. The van der Waals surface area contributed by atoms with Crippen molar-refractivity contribution in [3.63, 3.8) is 0 Å². The van der Waals surface area contributed by atoms with E-state index in [1.54, 1.807) is 0 Å². The first-order chi connectivity index (χ1) is 33.4. The van der Waals surface area contributed by atoms with Gasteiger partial charge in [0.15, 0.2) is 6.10 Å². The summed E-state index contributed by atoms with van der Waals surface area (Å²) in [7, 11) is 0. The number of epoxide rings is 5. The maximum atomic E-state index is 12.9. The van der Waals surface area contributed by atoms with Gasteiger partial charge in [0.1, 0.15) is 13.2 Å². The average molecular weight is 961 g/mol. The van der Waals surface area contributed by atoms with Crippen molar-refractivity contribution in [2.24, 2.45) is 0 Å². The van der Waals surface area contributed by atoms with Crippen molar-refractivity contribution in [2.45, 2.75) is 332 Å². The molecule has 0 spiro atoms. The number of hydrogen-bond donors (Lipinski definition) is 0. The lowest BCUT2D eigenvalue weighted by Gasteiger charge is -2.18. The third-order valence-corrected chi connectivity index (χ3v) is 15.2. The van der Waals surface area contributed by atoms with Crippen LogP contribution in [0, 0.1) is 0 Å². The minimum absolute atomic E-state index is 0.103. The van der Waals surface area contributed by atoms with E-state index in [0.29, 0.717) is 80.3 Å². The van der Waals surface area contributed by atoms with Crippen molar-refractivity contribution in [1.82, 2.24) is 0 Å². The highest BCUT2D eigenvalue weighted by atomic mass is 16.6. The van der Waals surface area contributed by atoms with E-state index in [1.165, 1.54) is 103 Å². The van der Waals surface area contributed by atoms with Gasteiger partial charge in [-0.25, -0.2) is 0 Å². The van der Waals surface area contributed by atoms with E-state index < -0.39 is 6.10 Å². The Morgan fingerprint density at radius 2 is 0.574 bits per heavy atom. The summed E-state index contributed by atoms with van der Waals surface area (Å²) >= 11 is 0. The summed E-state index contributed by atoms with van der Waals surface area (Å²) in [6.07, 6.45) is 44.4. The molecule has 68 heavy (non-hydrogen) atoms. The van der Waals surface area contributed by atoms with Gasteiger partial charge in [-0.2, -0.15) is 0 Å². The molecule has 0 aliphatic carbocycles. The molecule has 0 N–H and O–H groups in total. The molecule has 11 heteroatoms. The summed E-state index contributed by atoms with van der Waals surface area (Å²) in [6.45, 7) is 6.53. The summed E-state index contributed by atoms with van der Waals surface area (Å²) in [5, 5.41) is 0. The Balaban J connectivity index is 0.866. The molecule has 0 aromatic heterocycles. The van der Waals surface area contributed by atoms with Gasteiger partial charge in [0, 0.05) is 32.1 Å². The van der Waals surface area contributed by atoms with Crippen LogP contribution in [0.5, 0.6) is 0 Å². The molecule has 0 saturated carbocycles. The Morgan fingerprint density at radius 1 is 0.324 bits per heavy atom. The predicted molar refractivity (Wildman–Crippen MR) is 268 cm³/mol. The number of carbonyl (C=O) groups excluding carboxylic acids is 3. The zero-order chi connectivity index (χ0) is 48.0. The smallest absolute Gasteiger partial charge is 0.306 e. The first-order valence-electron chi connectivity index (χ1n) is 29.1. The molecule has 5 aliphatic rings. The topological polar surface area (TPSA) is 142 Å². The van der Waals surface area contributed by atoms with Crippen LogP contribution in [0.15, 0.2) is 0 Å². The van der Waals surface area contributed by atoms with Crippen LogP contribution in [0.1, 0.15) is 265 Å². The van der Waals surface area contributed by atoms with Crippen molar-refractivity contribution in [3.05, 3.63) is 0 Å². The van der Waals surface area contributed by atoms with Gasteiger partial charge in [0.2, 0.25) is 0 Å². The Labute approximate surface area is 414 Å². The fraction of sp³-hybridized carbons (Fsp3) is 0.947. The van der Waals surface area contributed by atoms with E-state index in [4.69, 9.17) is 37.9 Å². The molecule has 11 atom stereocenters. The van der Waals surface area contributed by atoms with E-state index >= 15 is 0 Å². The Hall–Kier alpha value is -1.79. The SMILES string of the molecule is CCCCCCCCC1OC1CCCCCCCC(=O)OCC(COC(=O)CCCCCCCC1OC1CC1OC1CCCCC)OC(=O)CCCCCCCC1OC1CC1OC1CCCCC. The number of unbranched alkanes of at least 4 members (excludes halogenated alkanes) is 21. The summed E-state index contributed by atoms with van der Waals surface area (Å²) < 4.78 is 46.4. The van der Waals surface area contributed by atoms with Crippen LogP contribution >= 0.6 is 0 Å². The van der Waals surface area contributed by atoms with Crippen LogP contribution < -0.4 is 0 Å². The first kappa shape index (κ1) is 57.1. The number of ether oxygens (including phenoxy) is 8. The molecule has 11 unspecified atom stereocenters. The zero-order valence-corrected chi connectivity index (χ0v) is 43.6. The molecular weight excluding hydrogens is 861 g/mol. The maximum absolute atomic E-state index is 12.9. The summed E-state index contributed by atoms with van der Waals surface area (Å²) in [5.74, 6) is -0.949. The minimum Gasteiger partial charge on any atom is -0.462 e. The molecule has 11 nitrogen and oxygen atoms in total. The second-order valence-electron chi connectivity index (χ2n) is 21.5. The van der Waals surface area contributed by atoms with Crippen LogP contribution in [0.4, 0.5) is 0 Å². The van der Waals surface area contributed by atoms with Crippen molar-refractivity contribution in [3.8, 4) is 0 Å². The fourth-order valence-electron chi connectivity index (χ4n) is 10.3. The third-order valence-electron chi connectivity index (χ3n) is 15.2. The molecule has 0 amide bonds. The molecule has 5 heterocycles. The van der Waals surface area contributed by atoms with Gasteiger partial charge in [-0.15, -0.1) is 0 Å². The van der Waals surface area contributed by atoms with Gasteiger partial charge in [0.25, 0.3) is 0 Å². The average Bonchev–Trinajstić information content (AvgIpc) is 4.05. The van der Waals surface area contributed by atoms with E-state index in [-0.39, 0.29) is 31.1 Å². The van der Waals surface area contributed by atoms with Crippen molar-refractivity contribution < 1.29 is 52.3 Å². The van der Waals surface area contributed by atoms with Crippen LogP contribution in [0.3, 0.4) is 0 Å². The Kier molecular flexibility index (Phi) is 29.0. The van der Waals surface area contributed by atoms with E-state index in [0.717, 1.165) is 122 Å². The molecule has 5 rings (SSSR count). The molecule has 0 aromatic carbocycles. The summed E-state index contributed by atoms with van der Waals surface area (Å²) in [4.78, 5) is 38.4. The largest absolute Gasteiger partial charge is 0.462 e. The van der Waals surface area contributed by atoms with E-state index in [9.17, 15) is 14.4 Å². The van der Waals surface area contributed by atoms with Crippen molar-refractivity contribution in [1.29, 1.82) is 0 Å². The highest BCUT2D eigenvalue weighted by molar-refractivity contribution is 5.71. The van der Waals surface area contributed by atoms with Crippen LogP contribution in [-0.4, -0.2) is 98.3 Å². The highest BCUT2D eigenvalue weighted by Gasteiger charge is 2.48. The van der Waals surface area contributed by atoms with Gasteiger partial charge in [-0.05, 0) is 57.8 Å². The molecular formula is C57H100O11. The van der Waals surface area contributed by atoms with Crippen LogP contribution in [-0.2, 0) is 52.3 Å². The van der Waals surface area contributed by atoms with Gasteiger partial charge in [0.05, 0.1) is 61.0 Å². The zero-order valence-electron chi connectivity index (χ0n) is 43.6. The van der Waals surface area contributed by atoms with E-state index in [1.807, 2.05) is 0 Å². The van der Waals surface area contributed by atoms with Crippen molar-refractivity contribution in [2.75, 3.05) is 13.2 Å². The quantitative estimate of drug-likeness (QED) is 0.0249. The maximum Gasteiger partial charge on any atom is 0.306 e. The summed E-state index contributed by atoms with van der Waals surface area (Å²) in [6, 6.07) is 0. The number of carbonyl (C=O) groups is 3. The van der Waals surface area contributed by atoms with Gasteiger partial charge >= 0.3 is 17.9 Å². The van der Waals surface area contributed by atoms with Crippen LogP contribution in [0.2, 0.25) is 0 Å². The van der Waals surface area contributed by atoms with Crippen LogP contribution in [0.25, 0.3) is 0 Å². The van der Waals surface area contributed by atoms with Gasteiger partial charge < -0.3 is 37.9 Å². The predicted octanol–water partition coefficient (Wildman–Crippen LogP) is 13.7. The molecule has 0 aromatic rings. The lowest BCUT2D eigenvalue weighted by Crippen LogP contribution is -2.30. The molecule has 5 aliphatic heterocycles. The molecule has 0 bridgehead atoms. The molecule has 0 radical (unpaired) electrons. The van der Waals surface area contributed by atoms with Gasteiger partial charge in [-0.1, -0.05) is 175 Å². The first-order valence-corrected chi connectivity index (χ1v) is 29.1. The highest BCUT2D eigenvalue weighted by Crippen LogP contribution is 2.40. The Bertz CT molecular complexity index is 1340. The Morgan fingerprint density at radius 3 is 0.926 bits per heavy atom. The molecule has 394 valence electrons. The second kappa shape index (κ2) is 34.6. The fourth-order valence-corrected chi connectivity index (χ4v) is 10.3. The summed E-state index contributed by atoms with van der Waals surface area (Å²) in [5.41, 5.74) is 0. The third kappa shape index (κ3) is 26.6. The second-order valence-corrected chi connectivity index (χ2v) is 21.5. The van der Waals surface area contributed by atoms with Crippen molar-refractivity contribution >= 4 is 17.9 Å².